The first-order valence-corrected chi connectivity index (χ1v) is 6.30. The van der Waals surface area contributed by atoms with Crippen molar-refractivity contribution in [3.8, 4) is 0 Å². The fraction of sp³-hybridized carbons (Fsp3) is 0.467. The van der Waals surface area contributed by atoms with Crippen molar-refractivity contribution in [3.63, 3.8) is 0 Å². The van der Waals surface area contributed by atoms with Gasteiger partial charge in [0.05, 0.1) is 7.11 Å². The lowest BCUT2D eigenvalue weighted by Gasteiger charge is -2.23. The molecule has 4 heteroatoms. The number of ether oxygens (including phenoxy) is 1. The molecule has 0 heterocycles. The van der Waals surface area contributed by atoms with Gasteiger partial charge in [0.15, 0.2) is 0 Å². The summed E-state index contributed by atoms with van der Waals surface area (Å²) >= 11 is 0. The molecule has 0 aliphatic heterocycles. The second-order valence-electron chi connectivity index (χ2n) is 5.15. The molecule has 19 heavy (non-hydrogen) atoms. The smallest absolute Gasteiger partial charge is 0.330 e. The number of nitrogens with one attached hydrogen (secondary N) is 1. The third-order valence-electron chi connectivity index (χ3n) is 2.91. The van der Waals surface area contributed by atoms with Crippen LogP contribution in [-0.4, -0.2) is 24.5 Å². The van der Waals surface area contributed by atoms with Crippen molar-refractivity contribution in [2.45, 2.75) is 39.2 Å². The zero-order valence-electron chi connectivity index (χ0n) is 11.9. The fourth-order valence-corrected chi connectivity index (χ4v) is 1.73. The van der Waals surface area contributed by atoms with E-state index in [4.69, 9.17) is 0 Å². The van der Waals surface area contributed by atoms with Crippen molar-refractivity contribution in [1.82, 2.24) is 5.32 Å². The summed E-state index contributed by atoms with van der Waals surface area (Å²) in [7, 11) is 1.31. The van der Waals surface area contributed by atoms with E-state index in [1.54, 1.807) is 13.8 Å². The molecule has 1 aromatic carbocycles. The van der Waals surface area contributed by atoms with Gasteiger partial charge in [-0.2, -0.15) is 0 Å². The Balaban J connectivity index is 2.48. The van der Waals surface area contributed by atoms with E-state index < -0.39 is 11.5 Å². The predicted molar refractivity (Wildman–Crippen MR) is 73.7 cm³/mol. The van der Waals surface area contributed by atoms with E-state index in [0.29, 0.717) is 12.8 Å². The van der Waals surface area contributed by atoms with Crippen molar-refractivity contribution in [3.05, 3.63) is 35.4 Å². The monoisotopic (exact) mass is 263 g/mol. The van der Waals surface area contributed by atoms with Gasteiger partial charge in [-0.25, -0.2) is 4.79 Å². The number of hydrogen-bond donors (Lipinski definition) is 1. The van der Waals surface area contributed by atoms with Crippen molar-refractivity contribution < 1.29 is 14.3 Å². The van der Waals surface area contributed by atoms with Gasteiger partial charge < -0.3 is 10.1 Å². The Labute approximate surface area is 114 Å². The molecule has 4 nitrogen and oxygen atoms in total. The van der Waals surface area contributed by atoms with Crippen molar-refractivity contribution >= 4 is 11.9 Å². The van der Waals surface area contributed by atoms with Gasteiger partial charge in [0.1, 0.15) is 5.54 Å². The maximum atomic E-state index is 11.8. The summed E-state index contributed by atoms with van der Waals surface area (Å²) in [5.74, 6) is -0.604. The zero-order chi connectivity index (χ0) is 14.5. The van der Waals surface area contributed by atoms with Gasteiger partial charge in [0.2, 0.25) is 5.91 Å². The molecule has 0 bridgehead atoms. The number of aryl methyl sites for hydroxylation is 2. The molecule has 0 saturated heterocycles. The lowest BCUT2D eigenvalue weighted by molar-refractivity contribution is -0.149. The van der Waals surface area contributed by atoms with Crippen molar-refractivity contribution in [2.24, 2.45) is 0 Å². The molecule has 0 atom stereocenters. The fourth-order valence-electron chi connectivity index (χ4n) is 1.73. The van der Waals surface area contributed by atoms with Gasteiger partial charge in [0, 0.05) is 6.42 Å². The van der Waals surface area contributed by atoms with Crippen molar-refractivity contribution in [2.75, 3.05) is 7.11 Å². The Hall–Kier alpha value is -1.84. The molecule has 1 aromatic rings. The molecule has 0 radical (unpaired) electrons. The summed E-state index contributed by atoms with van der Waals surface area (Å²) in [5.41, 5.74) is 1.32. The quantitative estimate of drug-likeness (QED) is 0.827. The van der Waals surface area contributed by atoms with Crippen LogP contribution in [0.25, 0.3) is 0 Å². The summed E-state index contributed by atoms with van der Waals surface area (Å²) < 4.78 is 4.64. The van der Waals surface area contributed by atoms with E-state index in [-0.39, 0.29) is 5.91 Å². The third-order valence-corrected chi connectivity index (χ3v) is 2.91. The standard InChI is InChI=1S/C15H21NO3/c1-11-5-7-12(8-6-11)9-10-13(17)16-15(2,3)14(18)19-4/h5-8H,9-10H2,1-4H3,(H,16,17). The lowest BCUT2D eigenvalue weighted by atomic mass is 10.0. The largest absolute Gasteiger partial charge is 0.467 e. The van der Waals surface area contributed by atoms with Crippen LogP contribution in [0.15, 0.2) is 24.3 Å². The Morgan fingerprint density at radius 2 is 1.79 bits per heavy atom. The van der Waals surface area contributed by atoms with Gasteiger partial charge in [-0.15, -0.1) is 0 Å². The second kappa shape index (κ2) is 6.36. The van der Waals surface area contributed by atoms with Crippen LogP contribution in [0.5, 0.6) is 0 Å². The first kappa shape index (κ1) is 15.2. The zero-order valence-corrected chi connectivity index (χ0v) is 11.9. The Kier molecular flexibility index (Phi) is 5.10. The van der Waals surface area contributed by atoms with Crippen molar-refractivity contribution in [1.29, 1.82) is 0 Å². The Morgan fingerprint density at radius 3 is 2.32 bits per heavy atom. The molecule has 1 amide bonds. The molecule has 0 aliphatic rings. The number of rotatable bonds is 5. The van der Waals surface area contributed by atoms with E-state index in [2.05, 4.69) is 10.1 Å². The van der Waals surface area contributed by atoms with Crippen LogP contribution in [0.1, 0.15) is 31.4 Å². The van der Waals surface area contributed by atoms with E-state index in [9.17, 15) is 9.59 Å². The molecule has 0 aromatic heterocycles. The number of benzene rings is 1. The maximum absolute atomic E-state index is 11.8. The van der Waals surface area contributed by atoms with Gasteiger partial charge >= 0.3 is 5.97 Å². The molecule has 1 rings (SSSR count). The highest BCUT2D eigenvalue weighted by molar-refractivity contribution is 5.87. The van der Waals surface area contributed by atoms with Crippen LogP contribution in [-0.2, 0) is 20.7 Å². The topological polar surface area (TPSA) is 55.4 Å². The van der Waals surface area contributed by atoms with Crippen LogP contribution in [0, 0.1) is 6.92 Å². The summed E-state index contributed by atoms with van der Waals surface area (Å²) in [6.45, 7) is 5.28. The molecule has 0 aliphatic carbocycles. The molecule has 0 spiro atoms. The molecule has 1 N–H and O–H groups in total. The normalized spacial score (nSPS) is 10.9. The second-order valence-corrected chi connectivity index (χ2v) is 5.15. The van der Waals surface area contributed by atoms with E-state index in [1.807, 2.05) is 31.2 Å². The van der Waals surface area contributed by atoms with Gasteiger partial charge in [-0.05, 0) is 32.8 Å². The number of methoxy groups -OCH3 is 1. The molecular weight excluding hydrogens is 242 g/mol. The van der Waals surface area contributed by atoms with Crippen LogP contribution >= 0.6 is 0 Å². The van der Waals surface area contributed by atoms with Crippen LogP contribution in [0.4, 0.5) is 0 Å². The number of carbonyl (C=O) groups excluding carboxylic acids is 2. The Bertz CT molecular complexity index is 449. The third kappa shape index (κ3) is 4.73. The minimum atomic E-state index is -0.987. The van der Waals surface area contributed by atoms with Gasteiger partial charge in [-0.1, -0.05) is 29.8 Å². The Morgan fingerprint density at radius 1 is 1.21 bits per heavy atom. The highest BCUT2D eigenvalue weighted by Crippen LogP contribution is 2.08. The number of hydrogen-bond acceptors (Lipinski definition) is 3. The average molecular weight is 263 g/mol. The van der Waals surface area contributed by atoms with Gasteiger partial charge in [0.25, 0.3) is 0 Å². The van der Waals surface area contributed by atoms with Crippen LogP contribution in [0.3, 0.4) is 0 Å². The molecule has 104 valence electrons. The minimum Gasteiger partial charge on any atom is -0.467 e. The molecule has 0 unspecified atom stereocenters. The summed E-state index contributed by atoms with van der Waals surface area (Å²) in [4.78, 5) is 23.2. The highest BCUT2D eigenvalue weighted by Gasteiger charge is 2.30. The molecule has 0 saturated carbocycles. The summed E-state index contributed by atoms with van der Waals surface area (Å²) in [6.07, 6.45) is 1.01. The lowest BCUT2D eigenvalue weighted by Crippen LogP contribution is -2.50. The molecule has 0 fully saturated rings. The van der Waals surface area contributed by atoms with E-state index >= 15 is 0 Å². The summed E-state index contributed by atoms with van der Waals surface area (Å²) in [5, 5.41) is 2.68. The van der Waals surface area contributed by atoms with Gasteiger partial charge in [-0.3, -0.25) is 4.79 Å². The maximum Gasteiger partial charge on any atom is 0.330 e. The number of amides is 1. The average Bonchev–Trinajstić information content (AvgIpc) is 2.36. The first-order valence-electron chi connectivity index (χ1n) is 6.30. The SMILES string of the molecule is COC(=O)C(C)(C)NC(=O)CCc1ccc(C)cc1. The first-order chi connectivity index (χ1) is 8.85. The van der Waals surface area contributed by atoms with E-state index in [0.717, 1.165) is 5.56 Å². The van der Waals surface area contributed by atoms with E-state index in [1.165, 1.54) is 12.7 Å². The molecular formula is C15H21NO3. The minimum absolute atomic E-state index is 0.157. The summed E-state index contributed by atoms with van der Waals surface area (Å²) in [6, 6.07) is 8.05. The van der Waals surface area contributed by atoms with Crippen LogP contribution in [0.2, 0.25) is 0 Å². The number of carbonyl (C=O) groups is 2. The highest BCUT2D eigenvalue weighted by atomic mass is 16.5. The van der Waals surface area contributed by atoms with Crippen LogP contribution < -0.4 is 5.32 Å². The number of esters is 1. The predicted octanol–water partition coefficient (Wildman–Crippen LogP) is 2.00.